The van der Waals surface area contributed by atoms with Crippen molar-refractivity contribution in [3.8, 4) is 0 Å². The second kappa shape index (κ2) is 7.28. The van der Waals surface area contributed by atoms with Gasteiger partial charge >= 0.3 is 0 Å². The average Bonchev–Trinajstić information content (AvgIpc) is 2.78. The first-order valence-electron chi connectivity index (χ1n) is 6.78. The van der Waals surface area contributed by atoms with Gasteiger partial charge in [0.2, 0.25) is 5.91 Å². The number of amides is 1. The number of nitrogens with zero attached hydrogens (tertiary/aromatic N) is 2. The van der Waals surface area contributed by atoms with Crippen LogP contribution in [0.25, 0.3) is 0 Å². The van der Waals surface area contributed by atoms with Crippen molar-refractivity contribution in [2.75, 3.05) is 13.2 Å². The molecule has 0 saturated heterocycles. The van der Waals surface area contributed by atoms with E-state index in [1.165, 1.54) is 0 Å². The molecule has 2 N–H and O–H groups in total. The fourth-order valence-corrected chi connectivity index (χ4v) is 1.82. The predicted molar refractivity (Wildman–Crippen MR) is 74.6 cm³/mol. The zero-order valence-electron chi connectivity index (χ0n) is 12.1. The van der Waals surface area contributed by atoms with E-state index < -0.39 is 0 Å². The number of nitrogens with one attached hydrogen (secondary N) is 1. The molecule has 1 amide bonds. The molecule has 0 aliphatic rings. The number of aromatic nitrogens is 2. The third kappa shape index (κ3) is 6.38. The van der Waals surface area contributed by atoms with Crippen molar-refractivity contribution in [2.24, 2.45) is 12.5 Å². The summed E-state index contributed by atoms with van der Waals surface area (Å²) in [5.74, 6) is 0.0747. The number of aliphatic hydroxyl groups excluding tert-OH is 1. The van der Waals surface area contributed by atoms with E-state index in [0.717, 1.165) is 24.8 Å². The quantitative estimate of drug-likeness (QED) is 0.697. The van der Waals surface area contributed by atoms with E-state index in [2.05, 4.69) is 10.4 Å². The Bertz CT molecular complexity index is 399. The van der Waals surface area contributed by atoms with E-state index >= 15 is 0 Å². The largest absolute Gasteiger partial charge is 0.396 e. The van der Waals surface area contributed by atoms with Crippen molar-refractivity contribution < 1.29 is 9.90 Å². The Hall–Kier alpha value is -1.36. The molecule has 1 rings (SSSR count). The van der Waals surface area contributed by atoms with Crippen LogP contribution in [0.2, 0.25) is 0 Å². The van der Waals surface area contributed by atoms with Gasteiger partial charge in [-0.1, -0.05) is 13.8 Å². The van der Waals surface area contributed by atoms with Gasteiger partial charge in [-0.2, -0.15) is 5.10 Å². The highest BCUT2D eigenvalue weighted by molar-refractivity contribution is 5.76. The number of carbonyl (C=O) groups excluding carboxylic acids is 1. The highest BCUT2D eigenvalue weighted by Gasteiger charge is 2.15. The minimum Gasteiger partial charge on any atom is -0.396 e. The van der Waals surface area contributed by atoms with E-state index in [4.69, 9.17) is 5.11 Å². The molecule has 0 aliphatic heterocycles. The molecule has 0 bridgehead atoms. The molecule has 1 aromatic rings. The molecule has 19 heavy (non-hydrogen) atoms. The van der Waals surface area contributed by atoms with E-state index in [0.29, 0.717) is 13.0 Å². The van der Waals surface area contributed by atoms with Crippen LogP contribution in [0, 0.1) is 5.41 Å². The molecular formula is C14H25N3O2. The van der Waals surface area contributed by atoms with Crippen LogP contribution in [0.5, 0.6) is 0 Å². The normalized spacial score (nSPS) is 11.6. The molecule has 0 aliphatic carbocycles. The minimum atomic E-state index is -0.0551. The van der Waals surface area contributed by atoms with Gasteiger partial charge in [-0.15, -0.1) is 0 Å². The molecule has 0 atom stereocenters. The second-order valence-electron chi connectivity index (χ2n) is 5.80. The first-order chi connectivity index (χ1) is 8.93. The maximum Gasteiger partial charge on any atom is 0.220 e. The lowest BCUT2D eigenvalue weighted by atomic mass is 9.89. The maximum atomic E-state index is 11.6. The van der Waals surface area contributed by atoms with Crippen LogP contribution in [0.3, 0.4) is 0 Å². The van der Waals surface area contributed by atoms with Gasteiger partial charge in [0.1, 0.15) is 0 Å². The molecule has 0 radical (unpaired) electrons. The number of aryl methyl sites for hydroxylation is 2. The number of hydrogen-bond donors (Lipinski definition) is 2. The Balaban J connectivity index is 2.11. The summed E-state index contributed by atoms with van der Waals surface area (Å²) in [7, 11) is 1.87. The lowest BCUT2D eigenvalue weighted by molar-refractivity contribution is -0.121. The third-order valence-electron chi connectivity index (χ3n) is 3.18. The summed E-state index contributed by atoms with van der Waals surface area (Å²) in [5, 5.41) is 16.1. The summed E-state index contributed by atoms with van der Waals surface area (Å²) in [4.78, 5) is 11.6. The summed E-state index contributed by atoms with van der Waals surface area (Å²) < 4.78 is 1.74. The SMILES string of the molecule is Cn1cc(CCC(=O)NCCCC(C)(C)CO)cn1. The van der Waals surface area contributed by atoms with Crippen LogP contribution in [-0.2, 0) is 18.3 Å². The number of rotatable bonds is 8. The van der Waals surface area contributed by atoms with Crippen LogP contribution >= 0.6 is 0 Å². The Morgan fingerprint density at radius 1 is 1.53 bits per heavy atom. The van der Waals surface area contributed by atoms with Crippen LogP contribution in [0.15, 0.2) is 12.4 Å². The van der Waals surface area contributed by atoms with Crippen molar-refractivity contribution in [3.63, 3.8) is 0 Å². The second-order valence-corrected chi connectivity index (χ2v) is 5.80. The smallest absolute Gasteiger partial charge is 0.220 e. The van der Waals surface area contributed by atoms with Gasteiger partial charge < -0.3 is 10.4 Å². The molecule has 0 fully saturated rings. The molecular weight excluding hydrogens is 242 g/mol. The first kappa shape index (κ1) is 15.7. The monoisotopic (exact) mass is 267 g/mol. The zero-order valence-corrected chi connectivity index (χ0v) is 12.1. The zero-order chi connectivity index (χ0) is 14.3. The summed E-state index contributed by atoms with van der Waals surface area (Å²) in [6, 6.07) is 0. The topological polar surface area (TPSA) is 67.2 Å². The van der Waals surface area contributed by atoms with Gasteiger partial charge in [0.15, 0.2) is 0 Å². The highest BCUT2D eigenvalue weighted by atomic mass is 16.3. The molecule has 0 spiro atoms. The van der Waals surface area contributed by atoms with Crippen molar-refractivity contribution >= 4 is 5.91 Å². The third-order valence-corrected chi connectivity index (χ3v) is 3.18. The Morgan fingerprint density at radius 2 is 2.26 bits per heavy atom. The van der Waals surface area contributed by atoms with Crippen LogP contribution in [-0.4, -0.2) is 33.9 Å². The molecule has 1 aromatic heterocycles. The highest BCUT2D eigenvalue weighted by Crippen LogP contribution is 2.20. The Labute approximate surface area is 115 Å². The maximum absolute atomic E-state index is 11.6. The number of aliphatic hydroxyl groups is 1. The van der Waals surface area contributed by atoms with E-state index in [1.807, 2.05) is 27.1 Å². The fourth-order valence-electron chi connectivity index (χ4n) is 1.82. The Morgan fingerprint density at radius 3 is 2.84 bits per heavy atom. The molecule has 0 saturated carbocycles. The average molecular weight is 267 g/mol. The van der Waals surface area contributed by atoms with E-state index in [9.17, 15) is 4.79 Å². The Kier molecular flexibility index (Phi) is 6.02. The van der Waals surface area contributed by atoms with Crippen molar-refractivity contribution in [2.45, 2.75) is 39.5 Å². The van der Waals surface area contributed by atoms with E-state index in [-0.39, 0.29) is 17.9 Å². The lowest BCUT2D eigenvalue weighted by Crippen LogP contribution is -2.26. The standard InChI is InChI=1S/C14H25N3O2/c1-14(2,11-18)7-4-8-15-13(19)6-5-12-9-16-17(3)10-12/h9-10,18H,4-8,11H2,1-3H3,(H,15,19). The lowest BCUT2D eigenvalue weighted by Gasteiger charge is -2.21. The van der Waals surface area contributed by atoms with Crippen molar-refractivity contribution in [3.05, 3.63) is 18.0 Å². The summed E-state index contributed by atoms with van der Waals surface area (Å²) >= 11 is 0. The minimum absolute atomic E-state index is 0.0551. The van der Waals surface area contributed by atoms with Crippen LogP contribution in [0.4, 0.5) is 0 Å². The van der Waals surface area contributed by atoms with Crippen LogP contribution < -0.4 is 5.32 Å². The summed E-state index contributed by atoms with van der Waals surface area (Å²) in [6.45, 7) is 4.91. The summed E-state index contributed by atoms with van der Waals surface area (Å²) in [6.07, 6.45) is 6.74. The molecule has 5 heteroatoms. The summed E-state index contributed by atoms with van der Waals surface area (Å²) in [5.41, 5.74) is 1.03. The number of carbonyl (C=O) groups is 1. The van der Waals surface area contributed by atoms with Gasteiger partial charge in [-0.3, -0.25) is 9.48 Å². The van der Waals surface area contributed by atoms with Gasteiger partial charge in [-0.05, 0) is 30.2 Å². The van der Waals surface area contributed by atoms with Gasteiger partial charge in [0.05, 0.1) is 6.20 Å². The fraction of sp³-hybridized carbons (Fsp3) is 0.714. The van der Waals surface area contributed by atoms with Gasteiger partial charge in [-0.25, -0.2) is 0 Å². The first-order valence-corrected chi connectivity index (χ1v) is 6.78. The van der Waals surface area contributed by atoms with Crippen molar-refractivity contribution in [1.82, 2.24) is 15.1 Å². The molecule has 5 nitrogen and oxygen atoms in total. The number of hydrogen-bond acceptors (Lipinski definition) is 3. The van der Waals surface area contributed by atoms with Gasteiger partial charge in [0, 0.05) is 32.8 Å². The van der Waals surface area contributed by atoms with E-state index in [1.54, 1.807) is 10.9 Å². The molecule has 0 aromatic carbocycles. The van der Waals surface area contributed by atoms with Crippen molar-refractivity contribution in [1.29, 1.82) is 0 Å². The molecule has 1 heterocycles. The molecule has 108 valence electrons. The van der Waals surface area contributed by atoms with Crippen LogP contribution in [0.1, 0.15) is 38.7 Å². The molecule has 0 unspecified atom stereocenters. The predicted octanol–water partition coefficient (Wildman–Crippen LogP) is 1.27. The van der Waals surface area contributed by atoms with Gasteiger partial charge in [0.25, 0.3) is 0 Å².